The molecule has 0 radical (unpaired) electrons. The summed E-state index contributed by atoms with van der Waals surface area (Å²) in [6, 6.07) is 16.1. The number of carbonyl (C=O) groups is 1. The Morgan fingerprint density at radius 1 is 1.00 bits per heavy atom. The van der Waals surface area contributed by atoms with Crippen LogP contribution in [0.5, 0.6) is 0 Å². The van der Waals surface area contributed by atoms with Crippen molar-refractivity contribution in [2.45, 2.75) is 39.5 Å². The second-order valence-corrected chi connectivity index (χ2v) is 8.90. The molecule has 0 saturated carbocycles. The Bertz CT molecular complexity index is 1320. The number of aromatic amines is 1. The number of carbonyl (C=O) groups excluding carboxylic acids is 1. The number of fused-ring (bicyclic) bond motifs is 1. The molecule has 0 bridgehead atoms. The fourth-order valence-electron chi connectivity index (χ4n) is 4.56. The molecule has 7 nitrogen and oxygen atoms in total. The van der Waals surface area contributed by atoms with E-state index in [1.165, 1.54) is 0 Å². The van der Waals surface area contributed by atoms with Gasteiger partial charge < -0.3 is 10.2 Å². The van der Waals surface area contributed by atoms with Crippen molar-refractivity contribution in [3.05, 3.63) is 76.9 Å². The van der Waals surface area contributed by atoms with Gasteiger partial charge in [0.1, 0.15) is 5.82 Å². The smallest absolute Gasteiger partial charge is 0.274 e. The molecule has 3 aromatic heterocycles. The van der Waals surface area contributed by atoms with Crippen LogP contribution in [-0.4, -0.2) is 44.1 Å². The first-order valence-electron chi connectivity index (χ1n) is 11.4. The highest BCUT2D eigenvalue weighted by atomic mass is 16.2. The molecule has 0 spiro atoms. The number of aromatic nitrogens is 4. The Morgan fingerprint density at radius 3 is 2.61 bits per heavy atom. The highest BCUT2D eigenvalue weighted by Gasteiger charge is 2.28. The third-order valence-electron chi connectivity index (χ3n) is 6.26. The summed E-state index contributed by atoms with van der Waals surface area (Å²) in [4.78, 5) is 24.4. The van der Waals surface area contributed by atoms with Gasteiger partial charge in [-0.15, -0.1) is 0 Å². The Balaban J connectivity index is 1.29. The molecule has 0 atom stereocenters. The van der Waals surface area contributed by atoms with Crippen molar-refractivity contribution < 1.29 is 4.79 Å². The second kappa shape index (κ2) is 8.65. The lowest BCUT2D eigenvalue weighted by Gasteiger charge is -2.31. The highest BCUT2D eigenvalue weighted by Crippen LogP contribution is 2.30. The molecule has 1 aliphatic heterocycles. The average Bonchev–Trinajstić information content (AvgIpc) is 3.21. The molecule has 1 aliphatic rings. The van der Waals surface area contributed by atoms with Crippen LogP contribution in [0.15, 0.2) is 48.5 Å². The lowest BCUT2D eigenvalue weighted by Crippen LogP contribution is -2.38. The maximum Gasteiger partial charge on any atom is 0.274 e. The first-order valence-corrected chi connectivity index (χ1v) is 11.4. The summed E-state index contributed by atoms with van der Waals surface area (Å²) in [5, 5.41) is 11.6. The number of piperidine rings is 1. The summed E-state index contributed by atoms with van der Waals surface area (Å²) in [7, 11) is 0. The molecule has 1 aromatic carbocycles. The van der Waals surface area contributed by atoms with Crippen LogP contribution in [0.3, 0.4) is 0 Å². The van der Waals surface area contributed by atoms with Crippen molar-refractivity contribution in [2.75, 3.05) is 18.4 Å². The van der Waals surface area contributed by atoms with Crippen LogP contribution >= 0.6 is 0 Å². The van der Waals surface area contributed by atoms with E-state index in [0.717, 1.165) is 57.9 Å². The van der Waals surface area contributed by atoms with Gasteiger partial charge in [-0.1, -0.05) is 17.7 Å². The molecule has 4 aromatic rings. The number of aryl methyl sites for hydroxylation is 3. The molecular weight excluding hydrogens is 412 g/mol. The van der Waals surface area contributed by atoms with E-state index in [2.05, 4.69) is 26.6 Å². The number of likely N-dealkylation sites (tertiary alicyclic amines) is 1. The van der Waals surface area contributed by atoms with Crippen molar-refractivity contribution in [1.29, 1.82) is 0 Å². The summed E-state index contributed by atoms with van der Waals surface area (Å²) in [6.07, 6.45) is 1.76. The Labute approximate surface area is 193 Å². The van der Waals surface area contributed by atoms with E-state index in [0.29, 0.717) is 24.7 Å². The van der Waals surface area contributed by atoms with Crippen LogP contribution in [0, 0.1) is 20.8 Å². The van der Waals surface area contributed by atoms with E-state index in [1.807, 2.05) is 68.1 Å². The number of H-pyrrole nitrogens is 1. The summed E-state index contributed by atoms with van der Waals surface area (Å²) in [5.74, 6) is 1.14. The molecule has 1 fully saturated rings. The Hall–Kier alpha value is -3.74. The standard InChI is InChI=1S/C26H28N6O/c1-16-7-8-22-21(13-16)25(31-30-22)26(33)32-11-9-19(10-12-32)23-15-20(14-18(3)27-23)29-24-6-4-5-17(2)28-24/h4-8,13-15,19H,9-12H2,1-3H3,(H,30,31)(H,27,28,29). The molecular formula is C26H28N6O. The normalized spacial score (nSPS) is 14.6. The SMILES string of the molecule is Cc1ccc2[nH]nc(C(=O)N3CCC(c4cc(Nc5cccc(C)n5)cc(C)n4)CC3)c2c1. The van der Waals surface area contributed by atoms with Crippen molar-refractivity contribution in [1.82, 2.24) is 25.1 Å². The number of benzene rings is 1. The van der Waals surface area contributed by atoms with Gasteiger partial charge in [-0.3, -0.25) is 14.9 Å². The van der Waals surface area contributed by atoms with Crippen molar-refractivity contribution >= 4 is 28.3 Å². The van der Waals surface area contributed by atoms with Gasteiger partial charge in [-0.2, -0.15) is 5.10 Å². The number of amides is 1. The van der Waals surface area contributed by atoms with Gasteiger partial charge in [-0.25, -0.2) is 4.98 Å². The van der Waals surface area contributed by atoms with Gasteiger partial charge in [0.15, 0.2) is 5.69 Å². The van der Waals surface area contributed by atoms with Crippen LogP contribution in [0.2, 0.25) is 0 Å². The van der Waals surface area contributed by atoms with E-state index >= 15 is 0 Å². The predicted octanol–water partition coefficient (Wildman–Crippen LogP) is 5.04. The monoisotopic (exact) mass is 440 g/mol. The van der Waals surface area contributed by atoms with Gasteiger partial charge in [-0.05, 0) is 70.0 Å². The van der Waals surface area contributed by atoms with E-state index in [1.54, 1.807) is 0 Å². The van der Waals surface area contributed by atoms with Gasteiger partial charge >= 0.3 is 0 Å². The summed E-state index contributed by atoms with van der Waals surface area (Å²) >= 11 is 0. The second-order valence-electron chi connectivity index (χ2n) is 8.90. The zero-order chi connectivity index (χ0) is 22.9. The Kier molecular flexibility index (Phi) is 5.54. The number of hydrogen-bond donors (Lipinski definition) is 2. The first kappa shape index (κ1) is 21.1. The third-order valence-corrected chi connectivity index (χ3v) is 6.26. The third kappa shape index (κ3) is 4.44. The average molecular weight is 441 g/mol. The van der Waals surface area contributed by atoms with Crippen molar-refractivity contribution in [3.63, 3.8) is 0 Å². The minimum atomic E-state index is -0.00428. The molecule has 7 heteroatoms. The molecule has 4 heterocycles. The zero-order valence-electron chi connectivity index (χ0n) is 19.2. The molecule has 0 aliphatic carbocycles. The topological polar surface area (TPSA) is 86.8 Å². The number of hydrogen-bond acceptors (Lipinski definition) is 5. The largest absolute Gasteiger partial charge is 0.340 e. The van der Waals surface area contributed by atoms with E-state index < -0.39 is 0 Å². The molecule has 5 rings (SSSR count). The lowest BCUT2D eigenvalue weighted by atomic mass is 9.92. The van der Waals surface area contributed by atoms with Gasteiger partial charge in [0, 0.05) is 47.2 Å². The van der Waals surface area contributed by atoms with E-state index in [-0.39, 0.29) is 5.91 Å². The predicted molar refractivity (Wildman–Crippen MR) is 130 cm³/mol. The van der Waals surface area contributed by atoms with E-state index in [9.17, 15) is 4.79 Å². The van der Waals surface area contributed by atoms with Crippen LogP contribution < -0.4 is 5.32 Å². The highest BCUT2D eigenvalue weighted by molar-refractivity contribution is 6.04. The van der Waals surface area contributed by atoms with Gasteiger partial charge in [0.05, 0.1) is 5.52 Å². The van der Waals surface area contributed by atoms with Crippen molar-refractivity contribution in [3.8, 4) is 0 Å². The van der Waals surface area contributed by atoms with E-state index in [4.69, 9.17) is 4.98 Å². The minimum absolute atomic E-state index is 0.00428. The maximum absolute atomic E-state index is 13.2. The number of anilines is 2. The number of pyridine rings is 2. The Morgan fingerprint density at radius 2 is 1.82 bits per heavy atom. The molecule has 1 amide bonds. The van der Waals surface area contributed by atoms with Crippen LogP contribution in [0.25, 0.3) is 10.9 Å². The minimum Gasteiger partial charge on any atom is -0.340 e. The quantitative estimate of drug-likeness (QED) is 0.464. The van der Waals surface area contributed by atoms with Crippen LogP contribution in [-0.2, 0) is 0 Å². The fraction of sp³-hybridized carbons (Fsp3) is 0.308. The summed E-state index contributed by atoms with van der Waals surface area (Å²) in [5.41, 5.74) is 6.53. The van der Waals surface area contributed by atoms with Crippen LogP contribution in [0.4, 0.5) is 11.5 Å². The van der Waals surface area contributed by atoms with Gasteiger partial charge in [0.2, 0.25) is 0 Å². The molecule has 33 heavy (non-hydrogen) atoms. The number of nitrogens with one attached hydrogen (secondary N) is 2. The summed E-state index contributed by atoms with van der Waals surface area (Å²) in [6.45, 7) is 7.42. The zero-order valence-corrected chi connectivity index (χ0v) is 19.2. The van der Waals surface area contributed by atoms with Crippen molar-refractivity contribution in [2.24, 2.45) is 0 Å². The molecule has 1 saturated heterocycles. The first-order chi connectivity index (χ1) is 16.0. The number of nitrogens with zero attached hydrogens (tertiary/aromatic N) is 4. The van der Waals surface area contributed by atoms with Gasteiger partial charge in [0.25, 0.3) is 5.91 Å². The maximum atomic E-state index is 13.2. The molecule has 168 valence electrons. The lowest BCUT2D eigenvalue weighted by molar-refractivity contribution is 0.0708. The molecule has 0 unspecified atom stereocenters. The number of rotatable bonds is 4. The summed E-state index contributed by atoms with van der Waals surface area (Å²) < 4.78 is 0. The fourth-order valence-corrected chi connectivity index (χ4v) is 4.56. The molecule has 2 N–H and O–H groups in total. The van der Waals surface area contributed by atoms with Crippen LogP contribution in [0.1, 0.15) is 51.9 Å².